The van der Waals surface area contributed by atoms with Crippen LogP contribution in [0.15, 0.2) is 48.7 Å². The van der Waals surface area contributed by atoms with Crippen molar-refractivity contribution < 1.29 is 13.9 Å². The van der Waals surface area contributed by atoms with Gasteiger partial charge in [0, 0.05) is 17.1 Å². The average molecular weight is 311 g/mol. The summed E-state index contributed by atoms with van der Waals surface area (Å²) in [5, 5.41) is 0.884. The lowest BCUT2D eigenvalue weighted by atomic mass is 10.1. The van der Waals surface area contributed by atoms with E-state index in [1.165, 1.54) is 12.1 Å². The fourth-order valence-electron chi connectivity index (χ4n) is 2.64. The minimum Gasteiger partial charge on any atom is -0.462 e. The van der Waals surface area contributed by atoms with Crippen LogP contribution in [0.5, 0.6) is 0 Å². The minimum atomic E-state index is -0.307. The van der Waals surface area contributed by atoms with E-state index in [-0.39, 0.29) is 11.8 Å². The molecule has 1 N–H and O–H groups in total. The molecule has 0 aliphatic heterocycles. The van der Waals surface area contributed by atoms with Crippen molar-refractivity contribution >= 4 is 16.9 Å². The van der Waals surface area contributed by atoms with Crippen LogP contribution in [0.3, 0.4) is 0 Å². The van der Waals surface area contributed by atoms with E-state index in [2.05, 4.69) is 4.98 Å². The van der Waals surface area contributed by atoms with Crippen molar-refractivity contribution in [2.45, 2.75) is 19.8 Å². The first-order valence-electron chi connectivity index (χ1n) is 7.63. The van der Waals surface area contributed by atoms with Gasteiger partial charge in [0.15, 0.2) is 0 Å². The standard InChI is InChI=1S/C19H18FNO2/c1-13-4-2-5-14(10-13)19(22)23-9-3-6-15-12-21-18-8-7-16(20)11-17(15)18/h2,4-5,7-8,10-12,21H,3,6,9H2,1H3. The lowest BCUT2D eigenvalue weighted by molar-refractivity contribution is 0.0500. The van der Waals surface area contributed by atoms with Crippen LogP contribution in [-0.4, -0.2) is 17.6 Å². The molecule has 1 aromatic heterocycles. The summed E-state index contributed by atoms with van der Waals surface area (Å²) in [5.74, 6) is -0.553. The molecule has 0 saturated carbocycles. The Morgan fingerprint density at radius 1 is 1.22 bits per heavy atom. The van der Waals surface area contributed by atoms with Crippen molar-refractivity contribution in [3.8, 4) is 0 Å². The van der Waals surface area contributed by atoms with Gasteiger partial charge in [-0.05, 0) is 55.7 Å². The van der Waals surface area contributed by atoms with Gasteiger partial charge in [0.2, 0.25) is 0 Å². The number of benzene rings is 2. The van der Waals surface area contributed by atoms with E-state index in [0.717, 1.165) is 28.5 Å². The Labute approximate surface area is 134 Å². The number of aromatic nitrogens is 1. The van der Waals surface area contributed by atoms with Crippen molar-refractivity contribution in [3.63, 3.8) is 0 Å². The molecule has 0 saturated heterocycles. The Balaban J connectivity index is 1.55. The van der Waals surface area contributed by atoms with Crippen LogP contribution >= 0.6 is 0 Å². The van der Waals surface area contributed by atoms with Crippen LogP contribution in [0.4, 0.5) is 4.39 Å². The summed E-state index contributed by atoms with van der Waals surface area (Å²) in [6.45, 7) is 2.28. The van der Waals surface area contributed by atoms with E-state index in [9.17, 15) is 9.18 Å². The van der Waals surface area contributed by atoms with Gasteiger partial charge in [-0.2, -0.15) is 0 Å². The summed E-state index contributed by atoms with van der Waals surface area (Å²) >= 11 is 0. The summed E-state index contributed by atoms with van der Waals surface area (Å²) in [6.07, 6.45) is 3.30. The Morgan fingerprint density at radius 2 is 2.09 bits per heavy atom. The molecular weight excluding hydrogens is 293 g/mol. The highest BCUT2D eigenvalue weighted by Crippen LogP contribution is 2.20. The quantitative estimate of drug-likeness (QED) is 0.560. The zero-order valence-corrected chi connectivity index (χ0v) is 12.9. The van der Waals surface area contributed by atoms with E-state index in [4.69, 9.17) is 4.74 Å². The molecule has 0 aliphatic rings. The molecule has 0 fully saturated rings. The molecule has 3 nitrogen and oxygen atoms in total. The number of H-pyrrole nitrogens is 1. The smallest absolute Gasteiger partial charge is 0.338 e. The second-order valence-electron chi connectivity index (χ2n) is 5.61. The molecular formula is C19H18FNO2. The zero-order valence-electron chi connectivity index (χ0n) is 12.9. The van der Waals surface area contributed by atoms with Gasteiger partial charge in [0.25, 0.3) is 0 Å². The van der Waals surface area contributed by atoms with Gasteiger partial charge in [-0.3, -0.25) is 0 Å². The van der Waals surface area contributed by atoms with Crippen molar-refractivity contribution in [1.29, 1.82) is 0 Å². The number of aromatic amines is 1. The number of rotatable bonds is 5. The lowest BCUT2D eigenvalue weighted by Crippen LogP contribution is -2.07. The average Bonchev–Trinajstić information content (AvgIpc) is 2.93. The molecule has 23 heavy (non-hydrogen) atoms. The SMILES string of the molecule is Cc1cccc(C(=O)OCCCc2c[nH]c3ccc(F)cc23)c1. The monoisotopic (exact) mass is 311 g/mol. The molecule has 0 aliphatic carbocycles. The van der Waals surface area contributed by atoms with E-state index in [0.29, 0.717) is 18.6 Å². The van der Waals surface area contributed by atoms with Crippen LogP contribution in [0.25, 0.3) is 10.9 Å². The fourth-order valence-corrected chi connectivity index (χ4v) is 2.64. The maximum atomic E-state index is 13.3. The molecule has 0 radical (unpaired) electrons. The minimum absolute atomic E-state index is 0.246. The van der Waals surface area contributed by atoms with E-state index in [1.54, 1.807) is 12.1 Å². The molecule has 4 heteroatoms. The first-order valence-corrected chi connectivity index (χ1v) is 7.63. The number of hydrogen-bond acceptors (Lipinski definition) is 2. The van der Waals surface area contributed by atoms with Crippen LogP contribution in [0, 0.1) is 12.7 Å². The topological polar surface area (TPSA) is 42.1 Å². The molecule has 0 unspecified atom stereocenters. The normalized spacial score (nSPS) is 10.9. The molecule has 0 bridgehead atoms. The highest BCUT2D eigenvalue weighted by molar-refractivity contribution is 5.89. The third-order valence-electron chi connectivity index (χ3n) is 3.81. The van der Waals surface area contributed by atoms with E-state index in [1.807, 2.05) is 31.3 Å². The Bertz CT molecular complexity index is 838. The number of carbonyl (C=O) groups excluding carboxylic acids is 1. The first kappa shape index (κ1) is 15.3. The molecule has 0 spiro atoms. The number of carbonyl (C=O) groups is 1. The highest BCUT2D eigenvalue weighted by Gasteiger charge is 2.08. The maximum Gasteiger partial charge on any atom is 0.338 e. The van der Waals surface area contributed by atoms with Crippen LogP contribution in [0.1, 0.15) is 27.9 Å². The number of hydrogen-bond donors (Lipinski definition) is 1. The van der Waals surface area contributed by atoms with E-state index < -0.39 is 0 Å². The third kappa shape index (κ3) is 3.59. The number of ether oxygens (including phenoxy) is 1. The summed E-state index contributed by atoms with van der Waals surface area (Å²) < 4.78 is 18.6. The predicted molar refractivity (Wildman–Crippen MR) is 88.0 cm³/mol. The molecule has 1 heterocycles. The predicted octanol–water partition coefficient (Wildman–Crippen LogP) is 4.41. The van der Waals surface area contributed by atoms with Crippen LogP contribution < -0.4 is 0 Å². The summed E-state index contributed by atoms with van der Waals surface area (Å²) in [6, 6.07) is 12.0. The molecule has 0 amide bonds. The van der Waals surface area contributed by atoms with Gasteiger partial charge >= 0.3 is 5.97 Å². The van der Waals surface area contributed by atoms with Gasteiger partial charge in [-0.25, -0.2) is 9.18 Å². The number of aryl methyl sites for hydroxylation is 2. The second-order valence-corrected chi connectivity index (χ2v) is 5.61. The van der Waals surface area contributed by atoms with Crippen molar-refractivity contribution in [2.75, 3.05) is 6.61 Å². The van der Waals surface area contributed by atoms with Crippen molar-refractivity contribution in [1.82, 2.24) is 4.98 Å². The number of fused-ring (bicyclic) bond motifs is 1. The largest absolute Gasteiger partial charge is 0.462 e. The van der Waals surface area contributed by atoms with Gasteiger partial charge < -0.3 is 9.72 Å². The Kier molecular flexibility index (Phi) is 4.42. The van der Waals surface area contributed by atoms with Gasteiger partial charge in [0.05, 0.1) is 12.2 Å². The molecule has 118 valence electrons. The highest BCUT2D eigenvalue weighted by atomic mass is 19.1. The fraction of sp³-hybridized carbons (Fsp3) is 0.211. The summed E-state index contributed by atoms with van der Waals surface area (Å²) in [5.41, 5.74) is 3.55. The Morgan fingerprint density at radius 3 is 2.91 bits per heavy atom. The molecule has 2 aromatic carbocycles. The molecule has 3 aromatic rings. The van der Waals surface area contributed by atoms with Gasteiger partial charge in [0.1, 0.15) is 5.82 Å². The maximum absolute atomic E-state index is 13.3. The first-order chi connectivity index (χ1) is 11.1. The third-order valence-corrected chi connectivity index (χ3v) is 3.81. The van der Waals surface area contributed by atoms with Crippen molar-refractivity contribution in [2.24, 2.45) is 0 Å². The lowest BCUT2D eigenvalue weighted by Gasteiger charge is -2.05. The van der Waals surface area contributed by atoms with Gasteiger partial charge in [-0.15, -0.1) is 0 Å². The number of halogens is 1. The summed E-state index contributed by atoms with van der Waals surface area (Å²) in [4.78, 5) is 15.1. The van der Waals surface area contributed by atoms with Crippen molar-refractivity contribution in [3.05, 3.63) is 71.2 Å². The zero-order chi connectivity index (χ0) is 16.2. The number of nitrogens with one attached hydrogen (secondary N) is 1. The van der Waals surface area contributed by atoms with E-state index >= 15 is 0 Å². The van der Waals surface area contributed by atoms with Gasteiger partial charge in [-0.1, -0.05) is 17.7 Å². The second kappa shape index (κ2) is 6.65. The number of esters is 1. The van der Waals surface area contributed by atoms with Crippen LogP contribution in [-0.2, 0) is 11.2 Å². The van der Waals surface area contributed by atoms with Crippen LogP contribution in [0.2, 0.25) is 0 Å². The summed E-state index contributed by atoms with van der Waals surface area (Å²) in [7, 11) is 0. The molecule has 0 atom stereocenters. The molecule has 3 rings (SSSR count). The Hall–Kier alpha value is -2.62.